The highest BCUT2D eigenvalue weighted by Gasteiger charge is 2.25. The molecular weight excluding hydrogens is 412 g/mol. The predicted molar refractivity (Wildman–Crippen MR) is 138 cm³/mol. The Labute approximate surface area is 193 Å². The Hall–Kier alpha value is -2.78. The quantitative estimate of drug-likeness (QED) is 0.210. The van der Waals surface area contributed by atoms with Gasteiger partial charge < -0.3 is 4.74 Å². The van der Waals surface area contributed by atoms with Crippen molar-refractivity contribution in [2.75, 3.05) is 6.61 Å². The number of benzene rings is 4. The number of thioether (sulfide) groups is 1. The number of hydrogen-bond acceptors (Lipinski definition) is 3. The number of hydrogen-bond donors (Lipinski definition) is 0. The van der Waals surface area contributed by atoms with E-state index in [1.807, 2.05) is 6.92 Å². The fourth-order valence-corrected chi connectivity index (χ4v) is 6.15. The van der Waals surface area contributed by atoms with Crippen LogP contribution in [0.1, 0.15) is 32.3 Å². The summed E-state index contributed by atoms with van der Waals surface area (Å²) < 4.78 is 5.44. The van der Waals surface area contributed by atoms with Crippen LogP contribution in [0, 0.1) is 0 Å². The fourth-order valence-electron chi connectivity index (χ4n) is 4.88. The van der Waals surface area contributed by atoms with Crippen molar-refractivity contribution < 1.29 is 9.53 Å². The molecule has 0 amide bonds. The van der Waals surface area contributed by atoms with E-state index < -0.39 is 0 Å². The molecule has 2 atom stereocenters. The van der Waals surface area contributed by atoms with E-state index in [2.05, 4.69) is 79.7 Å². The highest BCUT2D eigenvalue weighted by atomic mass is 32.2. The van der Waals surface area contributed by atoms with Crippen LogP contribution in [0.3, 0.4) is 0 Å². The van der Waals surface area contributed by atoms with E-state index in [1.165, 1.54) is 43.5 Å². The van der Waals surface area contributed by atoms with E-state index in [9.17, 15) is 4.79 Å². The summed E-state index contributed by atoms with van der Waals surface area (Å²) in [7, 11) is 0. The first kappa shape index (κ1) is 21.1. The summed E-state index contributed by atoms with van der Waals surface area (Å²) >= 11 is 1.74. The highest BCUT2D eigenvalue weighted by molar-refractivity contribution is 8.01. The SMILES string of the molecule is CCOC(=O)C(CCc1ccc2ccc3cccc4ccc1c2c34)SC(C)C1=CC=CC1. The lowest BCUT2D eigenvalue weighted by atomic mass is 9.90. The number of carbonyl (C=O) groups excluding carboxylic acids is 1. The van der Waals surface area contributed by atoms with E-state index in [1.54, 1.807) is 11.8 Å². The van der Waals surface area contributed by atoms with Crippen LogP contribution < -0.4 is 0 Å². The minimum absolute atomic E-state index is 0.0892. The lowest BCUT2D eigenvalue weighted by Crippen LogP contribution is -2.24. The van der Waals surface area contributed by atoms with Crippen molar-refractivity contribution in [2.45, 2.75) is 43.6 Å². The summed E-state index contributed by atoms with van der Waals surface area (Å²) in [5, 5.41) is 7.97. The van der Waals surface area contributed by atoms with Gasteiger partial charge in [-0.05, 0) is 71.0 Å². The standard InChI is InChI=1S/C29H28O2S/c1-3-31-29(30)26(32-19(2)20-7-4-5-8-20)18-16-21-11-12-24-14-13-22-9-6-10-23-15-17-25(21)28(24)27(22)23/h4-7,9-15,17,19,26H,3,8,16,18H2,1-2H3. The van der Waals surface area contributed by atoms with Gasteiger partial charge in [-0.25, -0.2) is 0 Å². The first-order valence-electron chi connectivity index (χ1n) is 11.5. The summed E-state index contributed by atoms with van der Waals surface area (Å²) in [5.74, 6) is -0.0892. The molecule has 0 N–H and O–H groups in total. The third-order valence-corrected chi connectivity index (χ3v) is 8.00. The molecular formula is C29H28O2S. The summed E-state index contributed by atoms with van der Waals surface area (Å²) in [4.78, 5) is 12.8. The van der Waals surface area contributed by atoms with Gasteiger partial charge in [-0.1, -0.05) is 78.4 Å². The molecule has 3 heteroatoms. The minimum atomic E-state index is -0.162. The van der Waals surface area contributed by atoms with Crippen LogP contribution in [0.5, 0.6) is 0 Å². The van der Waals surface area contributed by atoms with E-state index in [0.717, 1.165) is 19.3 Å². The molecule has 0 bridgehead atoms. The largest absolute Gasteiger partial charge is 0.465 e. The van der Waals surface area contributed by atoms with Gasteiger partial charge in [0.2, 0.25) is 0 Å². The van der Waals surface area contributed by atoms with Crippen molar-refractivity contribution in [3.05, 3.63) is 84.0 Å². The molecule has 0 spiro atoms. The van der Waals surface area contributed by atoms with Gasteiger partial charge in [0.25, 0.3) is 0 Å². The second-order valence-electron chi connectivity index (χ2n) is 8.51. The normalized spacial score (nSPS) is 15.5. The average Bonchev–Trinajstić information content (AvgIpc) is 3.36. The zero-order valence-corrected chi connectivity index (χ0v) is 19.5. The molecule has 0 heterocycles. The Bertz CT molecular complexity index is 1320. The summed E-state index contributed by atoms with van der Waals surface area (Å²) in [6, 6.07) is 19.9. The van der Waals surface area contributed by atoms with Crippen LogP contribution in [0.15, 0.2) is 78.4 Å². The maximum Gasteiger partial charge on any atom is 0.319 e. The Kier molecular flexibility index (Phi) is 5.93. The van der Waals surface area contributed by atoms with Gasteiger partial charge in [0.1, 0.15) is 5.25 Å². The third-order valence-electron chi connectivity index (χ3n) is 6.53. The minimum Gasteiger partial charge on any atom is -0.465 e. The smallest absolute Gasteiger partial charge is 0.319 e. The molecule has 1 aliphatic carbocycles. The zero-order valence-electron chi connectivity index (χ0n) is 18.6. The van der Waals surface area contributed by atoms with Crippen LogP contribution in [0.25, 0.3) is 32.3 Å². The lowest BCUT2D eigenvalue weighted by Gasteiger charge is -2.21. The summed E-state index contributed by atoms with van der Waals surface area (Å²) in [6.45, 7) is 4.51. The van der Waals surface area contributed by atoms with Crippen molar-refractivity contribution in [3.8, 4) is 0 Å². The maximum absolute atomic E-state index is 12.8. The number of esters is 1. The Morgan fingerprint density at radius 2 is 1.72 bits per heavy atom. The van der Waals surface area contributed by atoms with Gasteiger partial charge in [0.05, 0.1) is 6.61 Å². The van der Waals surface area contributed by atoms with Crippen LogP contribution in [0.2, 0.25) is 0 Å². The lowest BCUT2D eigenvalue weighted by molar-refractivity contribution is -0.142. The second kappa shape index (κ2) is 8.99. The summed E-state index contributed by atoms with van der Waals surface area (Å²) in [5.41, 5.74) is 2.69. The van der Waals surface area contributed by atoms with Crippen molar-refractivity contribution >= 4 is 50.0 Å². The molecule has 0 fully saturated rings. The first-order chi connectivity index (χ1) is 15.7. The molecule has 0 radical (unpaired) electrons. The number of allylic oxidation sites excluding steroid dienone is 3. The Morgan fingerprint density at radius 3 is 2.44 bits per heavy atom. The van der Waals surface area contributed by atoms with Gasteiger partial charge in [0, 0.05) is 5.25 Å². The topological polar surface area (TPSA) is 26.3 Å². The molecule has 0 saturated carbocycles. The van der Waals surface area contributed by atoms with Gasteiger partial charge >= 0.3 is 5.97 Å². The van der Waals surface area contributed by atoms with Gasteiger partial charge in [-0.2, -0.15) is 0 Å². The highest BCUT2D eigenvalue weighted by Crippen LogP contribution is 2.37. The average molecular weight is 441 g/mol. The van der Waals surface area contributed by atoms with Gasteiger partial charge in [-0.15, -0.1) is 11.8 Å². The van der Waals surface area contributed by atoms with E-state index in [-0.39, 0.29) is 11.2 Å². The van der Waals surface area contributed by atoms with Gasteiger partial charge in [0.15, 0.2) is 0 Å². The Morgan fingerprint density at radius 1 is 1.00 bits per heavy atom. The molecule has 5 rings (SSSR count). The molecule has 4 aromatic rings. The fraction of sp³-hybridized carbons (Fsp3) is 0.276. The summed E-state index contributed by atoms with van der Waals surface area (Å²) in [6.07, 6.45) is 9.08. The number of carbonyl (C=O) groups is 1. The molecule has 2 unspecified atom stereocenters. The van der Waals surface area contributed by atoms with E-state index >= 15 is 0 Å². The van der Waals surface area contributed by atoms with Crippen LogP contribution in [-0.2, 0) is 16.0 Å². The van der Waals surface area contributed by atoms with Gasteiger partial charge in [-0.3, -0.25) is 4.79 Å². The second-order valence-corrected chi connectivity index (χ2v) is 10.1. The molecule has 32 heavy (non-hydrogen) atoms. The number of rotatable bonds is 8. The first-order valence-corrected chi connectivity index (χ1v) is 12.4. The predicted octanol–water partition coefficient (Wildman–Crippen LogP) is 7.46. The molecule has 2 nitrogen and oxygen atoms in total. The molecule has 162 valence electrons. The van der Waals surface area contributed by atoms with Crippen molar-refractivity contribution in [3.63, 3.8) is 0 Å². The van der Waals surface area contributed by atoms with Crippen LogP contribution in [0.4, 0.5) is 0 Å². The van der Waals surface area contributed by atoms with Crippen LogP contribution in [-0.4, -0.2) is 23.1 Å². The number of aryl methyl sites for hydroxylation is 1. The molecule has 0 saturated heterocycles. The molecule has 0 aliphatic heterocycles. The molecule has 0 aromatic heterocycles. The van der Waals surface area contributed by atoms with E-state index in [4.69, 9.17) is 4.74 Å². The monoisotopic (exact) mass is 440 g/mol. The zero-order chi connectivity index (χ0) is 22.1. The van der Waals surface area contributed by atoms with Crippen LogP contribution >= 0.6 is 11.8 Å². The van der Waals surface area contributed by atoms with Crippen molar-refractivity contribution in [1.29, 1.82) is 0 Å². The maximum atomic E-state index is 12.8. The molecule has 4 aromatic carbocycles. The number of ether oxygens (including phenoxy) is 1. The Balaban J connectivity index is 1.44. The van der Waals surface area contributed by atoms with E-state index in [0.29, 0.717) is 11.9 Å². The third kappa shape index (κ3) is 3.91. The van der Waals surface area contributed by atoms with Crippen molar-refractivity contribution in [1.82, 2.24) is 0 Å². The molecule has 1 aliphatic rings. The van der Waals surface area contributed by atoms with Crippen molar-refractivity contribution in [2.24, 2.45) is 0 Å².